The lowest BCUT2D eigenvalue weighted by Crippen LogP contribution is -2.57. The van der Waals surface area contributed by atoms with Gasteiger partial charge in [0.15, 0.2) is 5.11 Å². The zero-order chi connectivity index (χ0) is 50.6. The normalized spacial score (nSPS) is 17.4. The first-order valence-electron chi connectivity index (χ1n) is 22.4. The van der Waals surface area contributed by atoms with Gasteiger partial charge in [-0.25, -0.2) is 9.37 Å². The number of hydrogen-bond acceptors (Lipinski definition) is 10. The van der Waals surface area contributed by atoms with E-state index in [0.29, 0.717) is 31.7 Å². The standard InChI is InChI=1S/C49H54F4N8O6S2/c1-28-40(69-27-57-28)30-14-12-29(13-15-30)25-56-43(65)38-23-34(62)26-59(38)44(66)41(47(2,3)4)58-39(63)11-9-7-8-10-20-55-42(64)35-19-18-33(22-37(35)50)61-46(68)60(45(67)48(61,5)6)32-17-16-31(24-54)36(21-32)49(51,52)53/h12-19,21-22,27,34,38,41,62H,7-11,20,23,25-26H2,1-6H3,(H,55,64)(H,56,65)(H,58,63)/t34-,38+,41-/m1/s1. The minimum atomic E-state index is -4.88. The lowest BCUT2D eigenvalue weighted by Gasteiger charge is -2.35. The van der Waals surface area contributed by atoms with Crippen LogP contribution in [-0.4, -0.2) is 86.5 Å². The molecule has 0 aliphatic carbocycles. The van der Waals surface area contributed by atoms with E-state index in [2.05, 4.69) is 20.9 Å². The van der Waals surface area contributed by atoms with Gasteiger partial charge in [-0.2, -0.15) is 18.4 Å². The molecule has 1 aromatic heterocycles. The van der Waals surface area contributed by atoms with E-state index in [-0.39, 0.29) is 60.4 Å². The Morgan fingerprint density at radius 3 is 2.29 bits per heavy atom. The molecule has 69 heavy (non-hydrogen) atoms. The third-order valence-electron chi connectivity index (χ3n) is 12.1. The van der Waals surface area contributed by atoms with E-state index in [1.54, 1.807) is 16.8 Å². The second-order valence-electron chi connectivity index (χ2n) is 18.7. The van der Waals surface area contributed by atoms with Gasteiger partial charge in [-0.15, -0.1) is 11.3 Å². The van der Waals surface area contributed by atoms with Gasteiger partial charge >= 0.3 is 6.18 Å². The predicted molar refractivity (Wildman–Crippen MR) is 256 cm³/mol. The topological polar surface area (TPSA) is 188 Å². The van der Waals surface area contributed by atoms with Crippen molar-refractivity contribution in [2.45, 2.75) is 117 Å². The largest absolute Gasteiger partial charge is 0.417 e. The van der Waals surface area contributed by atoms with E-state index in [4.69, 9.17) is 12.2 Å². The number of nitriles is 1. The number of rotatable bonds is 16. The fourth-order valence-electron chi connectivity index (χ4n) is 8.36. The summed E-state index contributed by atoms with van der Waals surface area (Å²) in [6.45, 7) is 10.7. The van der Waals surface area contributed by atoms with Gasteiger partial charge in [0.05, 0.1) is 50.6 Å². The van der Waals surface area contributed by atoms with E-state index in [0.717, 1.165) is 38.7 Å². The first-order chi connectivity index (χ1) is 32.4. The van der Waals surface area contributed by atoms with Crippen molar-refractivity contribution < 1.29 is 46.6 Å². The summed E-state index contributed by atoms with van der Waals surface area (Å²) in [6.07, 6.45) is -3.41. The summed E-state index contributed by atoms with van der Waals surface area (Å²) >= 11 is 7.08. The number of anilines is 2. The van der Waals surface area contributed by atoms with E-state index < -0.39 is 75.9 Å². The van der Waals surface area contributed by atoms with Crippen LogP contribution in [0.25, 0.3) is 10.4 Å². The number of aliphatic hydroxyl groups excluding tert-OH is 1. The number of carbonyl (C=O) groups is 5. The van der Waals surface area contributed by atoms with Crippen molar-refractivity contribution in [2.24, 2.45) is 5.41 Å². The van der Waals surface area contributed by atoms with E-state index >= 15 is 4.39 Å². The molecule has 14 nitrogen and oxygen atoms in total. The number of thiocarbonyl (C=S) groups is 1. The molecule has 366 valence electrons. The van der Waals surface area contributed by atoms with Gasteiger partial charge in [0.25, 0.3) is 11.8 Å². The summed E-state index contributed by atoms with van der Waals surface area (Å²) in [5, 5.41) is 28.0. The minimum Gasteiger partial charge on any atom is -0.391 e. The van der Waals surface area contributed by atoms with E-state index in [1.807, 2.05) is 52.0 Å². The molecule has 2 saturated heterocycles. The van der Waals surface area contributed by atoms with Crippen molar-refractivity contribution in [2.75, 3.05) is 22.9 Å². The Morgan fingerprint density at radius 1 is 0.986 bits per heavy atom. The number of nitrogens with zero attached hydrogens (tertiary/aromatic N) is 5. The maximum atomic E-state index is 15.5. The first-order valence-corrected chi connectivity index (χ1v) is 23.7. The Hall–Kier alpha value is -6.30. The maximum absolute atomic E-state index is 15.5. The molecule has 0 radical (unpaired) electrons. The van der Waals surface area contributed by atoms with Crippen LogP contribution < -0.4 is 25.8 Å². The Kier molecular flexibility index (Phi) is 16.0. The van der Waals surface area contributed by atoms with Crippen LogP contribution in [0.4, 0.5) is 28.9 Å². The number of likely N-dealkylation sites (tertiary alicyclic amines) is 1. The third kappa shape index (κ3) is 11.8. The summed E-state index contributed by atoms with van der Waals surface area (Å²) < 4.78 is 56.7. The third-order valence-corrected chi connectivity index (χ3v) is 13.5. The average molecular weight is 991 g/mol. The smallest absolute Gasteiger partial charge is 0.391 e. The molecule has 2 aliphatic rings. The van der Waals surface area contributed by atoms with Gasteiger partial charge in [0, 0.05) is 38.2 Å². The molecular weight excluding hydrogens is 937 g/mol. The number of hydrogen-bond donors (Lipinski definition) is 4. The van der Waals surface area contributed by atoms with Crippen LogP contribution in [0.2, 0.25) is 0 Å². The molecule has 3 aromatic carbocycles. The van der Waals surface area contributed by atoms with E-state index in [9.17, 15) is 47.5 Å². The number of aromatic nitrogens is 1. The number of amides is 5. The molecule has 0 saturated carbocycles. The number of carbonyl (C=O) groups excluding carboxylic acids is 5. The highest BCUT2D eigenvalue weighted by Gasteiger charge is 2.51. The van der Waals surface area contributed by atoms with Gasteiger partial charge in [-0.3, -0.25) is 28.9 Å². The van der Waals surface area contributed by atoms with Crippen molar-refractivity contribution in [1.29, 1.82) is 5.26 Å². The molecule has 2 aliphatic heterocycles. The zero-order valence-corrected chi connectivity index (χ0v) is 40.6. The molecule has 0 unspecified atom stereocenters. The molecule has 6 rings (SSSR count). The highest BCUT2D eigenvalue weighted by Crippen LogP contribution is 2.40. The van der Waals surface area contributed by atoms with Crippen LogP contribution in [-0.2, 0) is 31.9 Å². The fraction of sp³-hybridized carbons (Fsp3) is 0.429. The van der Waals surface area contributed by atoms with Crippen LogP contribution in [0.5, 0.6) is 0 Å². The van der Waals surface area contributed by atoms with Crippen molar-refractivity contribution in [3.63, 3.8) is 0 Å². The number of benzene rings is 3. The lowest BCUT2D eigenvalue weighted by atomic mass is 9.85. The summed E-state index contributed by atoms with van der Waals surface area (Å²) in [5.74, 6) is -3.54. The molecule has 0 bridgehead atoms. The highest BCUT2D eigenvalue weighted by atomic mass is 32.1. The molecule has 2 fully saturated rings. The minimum absolute atomic E-state index is 0.0503. The number of nitrogens with one attached hydrogen (secondary N) is 3. The Bertz CT molecular complexity index is 2660. The van der Waals surface area contributed by atoms with Gasteiger partial charge in [0.1, 0.15) is 23.4 Å². The van der Waals surface area contributed by atoms with Crippen LogP contribution in [0.15, 0.2) is 66.2 Å². The quantitative estimate of drug-likeness (QED) is 0.0496. The van der Waals surface area contributed by atoms with Crippen LogP contribution in [0.1, 0.15) is 106 Å². The molecule has 0 spiro atoms. The Balaban J connectivity index is 0.953. The van der Waals surface area contributed by atoms with Crippen LogP contribution in [0, 0.1) is 29.5 Å². The van der Waals surface area contributed by atoms with Crippen molar-refractivity contribution in [1.82, 2.24) is 25.8 Å². The number of β-amino-alcohol motifs (C(OH)–C–C–N with tert-alkyl or cyclic N) is 1. The van der Waals surface area contributed by atoms with Crippen molar-refractivity contribution in [3.05, 3.63) is 99.9 Å². The SMILES string of the molecule is Cc1ncsc1-c1ccc(CNC(=O)[C@@H]2C[C@@H](O)CN2C(=O)[C@@H](NC(=O)CCCCCCNC(=O)c2ccc(N3C(=S)N(c4ccc(C#N)c(C(F)(F)F)c4)C(=O)C3(C)C)cc2F)C(C)(C)C)cc1. The van der Waals surface area contributed by atoms with Gasteiger partial charge in [0.2, 0.25) is 17.7 Å². The van der Waals surface area contributed by atoms with Crippen LogP contribution >= 0.6 is 23.6 Å². The number of aliphatic hydroxyl groups is 1. The van der Waals surface area contributed by atoms with Crippen molar-refractivity contribution >= 4 is 69.6 Å². The second kappa shape index (κ2) is 21.1. The van der Waals surface area contributed by atoms with Gasteiger partial charge < -0.3 is 30.9 Å². The maximum Gasteiger partial charge on any atom is 0.417 e. The zero-order valence-electron chi connectivity index (χ0n) is 39.0. The summed E-state index contributed by atoms with van der Waals surface area (Å²) in [5.41, 5.74) is 0.125. The summed E-state index contributed by atoms with van der Waals surface area (Å²) in [4.78, 5) is 76.1. The number of unbranched alkanes of at least 4 members (excludes halogenated alkanes) is 3. The second-order valence-corrected chi connectivity index (χ2v) is 19.9. The number of halogens is 4. The number of thiazole rings is 1. The van der Waals surface area contributed by atoms with Crippen molar-refractivity contribution in [3.8, 4) is 16.5 Å². The molecule has 4 aromatic rings. The first kappa shape index (κ1) is 52.1. The molecule has 20 heteroatoms. The van der Waals surface area contributed by atoms with E-state index in [1.165, 1.54) is 47.9 Å². The van der Waals surface area contributed by atoms with Crippen LogP contribution in [0.3, 0.4) is 0 Å². The fourth-order valence-corrected chi connectivity index (χ4v) is 9.70. The highest BCUT2D eigenvalue weighted by molar-refractivity contribution is 7.81. The monoisotopic (exact) mass is 990 g/mol. The molecular formula is C49H54F4N8O6S2. The van der Waals surface area contributed by atoms with Gasteiger partial charge in [-0.1, -0.05) is 57.9 Å². The molecule has 5 amide bonds. The van der Waals surface area contributed by atoms with Gasteiger partial charge in [-0.05, 0) is 98.8 Å². The lowest BCUT2D eigenvalue weighted by molar-refractivity contribution is -0.144. The summed E-state index contributed by atoms with van der Waals surface area (Å²) in [6, 6.07) is 13.8. The average Bonchev–Trinajstić information content (AvgIpc) is 3.95. The Labute approximate surface area is 407 Å². The molecule has 3 heterocycles. The summed E-state index contributed by atoms with van der Waals surface area (Å²) in [7, 11) is 0. The molecule has 3 atom stereocenters. The predicted octanol–water partition coefficient (Wildman–Crippen LogP) is 7.55. The number of aryl methyl sites for hydroxylation is 1. The number of alkyl halides is 3. The Morgan fingerprint density at radius 2 is 1.67 bits per heavy atom. The molecule has 4 N–H and O–H groups in total.